The number of fused-ring (bicyclic) bond motifs is 3. The van der Waals surface area contributed by atoms with Crippen molar-refractivity contribution in [2.45, 2.75) is 24.1 Å². The Labute approximate surface area is 154 Å². The molecule has 0 spiro atoms. The Morgan fingerprint density at radius 2 is 1.67 bits per heavy atom. The standard InChI is InChI=1S/C21H21NS2/c1-20(2)17-10-6-7-11-18(17)21(24)16(14-22(21)19(20)23)13-12-15-8-4-3-5-9-15/h3-13,16,24H,14H2,1-2H3/b13-12+. The van der Waals surface area contributed by atoms with Crippen LogP contribution >= 0.6 is 24.8 Å². The molecule has 2 aliphatic rings. The Hall–Kier alpha value is -1.58. The van der Waals surface area contributed by atoms with Gasteiger partial charge in [-0.25, -0.2) is 0 Å². The van der Waals surface area contributed by atoms with Crippen LogP contribution in [0.25, 0.3) is 6.08 Å². The van der Waals surface area contributed by atoms with E-state index in [0.29, 0.717) is 5.92 Å². The molecule has 24 heavy (non-hydrogen) atoms. The molecule has 2 atom stereocenters. The second-order valence-corrected chi connectivity index (χ2v) is 8.26. The Kier molecular flexibility index (Phi) is 3.63. The molecule has 1 saturated heterocycles. The Bertz CT molecular complexity index is 825. The predicted octanol–water partition coefficient (Wildman–Crippen LogP) is 5.03. The number of nitrogens with zero attached hydrogens (tertiary/aromatic N) is 1. The summed E-state index contributed by atoms with van der Waals surface area (Å²) in [6.45, 7) is 5.37. The van der Waals surface area contributed by atoms with Crippen molar-refractivity contribution < 1.29 is 0 Å². The summed E-state index contributed by atoms with van der Waals surface area (Å²) < 4.78 is 0. The largest absolute Gasteiger partial charge is 0.346 e. The fraction of sp³-hybridized carbons (Fsp3) is 0.286. The molecule has 2 aromatic rings. The lowest BCUT2D eigenvalue weighted by Gasteiger charge is -2.62. The molecule has 0 aliphatic carbocycles. The van der Waals surface area contributed by atoms with Gasteiger partial charge in [-0.05, 0) is 30.5 Å². The van der Waals surface area contributed by atoms with Gasteiger partial charge in [-0.3, -0.25) is 0 Å². The van der Waals surface area contributed by atoms with Crippen molar-refractivity contribution in [2.24, 2.45) is 5.92 Å². The first-order valence-electron chi connectivity index (χ1n) is 8.33. The van der Waals surface area contributed by atoms with Gasteiger partial charge in [0.15, 0.2) is 0 Å². The van der Waals surface area contributed by atoms with Crippen LogP contribution in [-0.4, -0.2) is 16.4 Å². The summed E-state index contributed by atoms with van der Waals surface area (Å²) in [6.07, 6.45) is 4.49. The van der Waals surface area contributed by atoms with Crippen LogP contribution in [0.2, 0.25) is 0 Å². The van der Waals surface area contributed by atoms with E-state index in [1.807, 2.05) is 6.07 Å². The monoisotopic (exact) mass is 351 g/mol. The zero-order chi connectivity index (χ0) is 16.9. The van der Waals surface area contributed by atoms with Gasteiger partial charge in [0.05, 0.1) is 4.99 Å². The number of rotatable bonds is 2. The van der Waals surface area contributed by atoms with Crippen LogP contribution in [0.4, 0.5) is 0 Å². The summed E-state index contributed by atoms with van der Waals surface area (Å²) in [4.78, 5) is 2.97. The average Bonchev–Trinajstić information content (AvgIpc) is 2.59. The van der Waals surface area contributed by atoms with Crippen LogP contribution in [0.15, 0.2) is 60.7 Å². The lowest BCUT2D eigenvalue weighted by molar-refractivity contribution is 0.0758. The summed E-state index contributed by atoms with van der Waals surface area (Å²) in [5, 5.41) is 0. The third-order valence-electron chi connectivity index (χ3n) is 5.41. The normalized spacial score (nSPS) is 27.5. The number of hydrogen-bond acceptors (Lipinski definition) is 2. The average molecular weight is 352 g/mol. The summed E-state index contributed by atoms with van der Waals surface area (Å²) in [6, 6.07) is 19.0. The number of thiol groups is 1. The van der Waals surface area contributed by atoms with Gasteiger partial charge in [-0.1, -0.05) is 79.0 Å². The molecule has 1 nitrogen and oxygen atoms in total. The van der Waals surface area contributed by atoms with Gasteiger partial charge in [0.25, 0.3) is 0 Å². The van der Waals surface area contributed by atoms with Crippen LogP contribution in [0, 0.1) is 5.92 Å². The van der Waals surface area contributed by atoms with Gasteiger partial charge >= 0.3 is 0 Å². The van der Waals surface area contributed by atoms with Crippen molar-refractivity contribution in [3.05, 3.63) is 77.4 Å². The SMILES string of the molecule is CC1(C)C(=S)N2CC(/C=C/c3ccccc3)C2(S)c2ccccc21. The molecule has 0 N–H and O–H groups in total. The highest BCUT2D eigenvalue weighted by Gasteiger charge is 2.58. The third-order valence-corrected chi connectivity index (χ3v) is 6.95. The molecule has 3 heteroatoms. The van der Waals surface area contributed by atoms with Crippen LogP contribution in [-0.2, 0) is 10.3 Å². The summed E-state index contributed by atoms with van der Waals surface area (Å²) in [5.74, 6) is 0.344. The maximum atomic E-state index is 5.82. The highest BCUT2D eigenvalue weighted by Crippen LogP contribution is 2.57. The minimum atomic E-state index is -0.325. The van der Waals surface area contributed by atoms with E-state index in [1.165, 1.54) is 16.7 Å². The first kappa shape index (κ1) is 15.9. The molecule has 122 valence electrons. The fourth-order valence-electron chi connectivity index (χ4n) is 3.92. The molecule has 0 bridgehead atoms. The topological polar surface area (TPSA) is 3.24 Å². The van der Waals surface area contributed by atoms with Crippen LogP contribution in [0.1, 0.15) is 30.5 Å². The van der Waals surface area contributed by atoms with E-state index >= 15 is 0 Å². The summed E-state index contributed by atoms with van der Waals surface area (Å²) >= 11 is 11.0. The molecule has 0 amide bonds. The molecule has 1 fully saturated rings. The van der Waals surface area contributed by atoms with Crippen molar-refractivity contribution in [1.29, 1.82) is 0 Å². The second kappa shape index (κ2) is 5.47. The van der Waals surface area contributed by atoms with Crippen molar-refractivity contribution >= 4 is 35.9 Å². The zero-order valence-electron chi connectivity index (χ0n) is 13.9. The summed E-state index contributed by atoms with van der Waals surface area (Å²) in [7, 11) is 0. The smallest absolute Gasteiger partial charge is 0.118 e. The van der Waals surface area contributed by atoms with E-state index < -0.39 is 0 Å². The predicted molar refractivity (Wildman–Crippen MR) is 108 cm³/mol. The minimum absolute atomic E-state index is 0.119. The van der Waals surface area contributed by atoms with E-state index in [2.05, 4.69) is 79.4 Å². The first-order valence-corrected chi connectivity index (χ1v) is 9.19. The van der Waals surface area contributed by atoms with E-state index in [9.17, 15) is 0 Å². The molecule has 2 aromatic carbocycles. The van der Waals surface area contributed by atoms with Crippen molar-refractivity contribution in [3.8, 4) is 0 Å². The lowest BCUT2D eigenvalue weighted by Crippen LogP contribution is -2.68. The maximum absolute atomic E-state index is 5.82. The van der Waals surface area contributed by atoms with Crippen molar-refractivity contribution in [1.82, 2.24) is 4.90 Å². The van der Waals surface area contributed by atoms with Crippen molar-refractivity contribution in [2.75, 3.05) is 6.54 Å². The van der Waals surface area contributed by atoms with Gasteiger partial charge in [0.1, 0.15) is 4.87 Å². The van der Waals surface area contributed by atoms with Gasteiger partial charge in [-0.15, -0.1) is 12.6 Å². The van der Waals surface area contributed by atoms with Gasteiger partial charge < -0.3 is 4.90 Å². The van der Waals surface area contributed by atoms with Gasteiger partial charge in [0.2, 0.25) is 0 Å². The first-order chi connectivity index (χ1) is 11.5. The highest BCUT2D eigenvalue weighted by molar-refractivity contribution is 7.82. The molecule has 0 saturated carbocycles. The zero-order valence-corrected chi connectivity index (χ0v) is 15.6. The van der Waals surface area contributed by atoms with Crippen LogP contribution in [0.3, 0.4) is 0 Å². The number of benzene rings is 2. The molecule has 0 radical (unpaired) electrons. The van der Waals surface area contributed by atoms with E-state index in [-0.39, 0.29) is 10.3 Å². The van der Waals surface area contributed by atoms with E-state index in [1.54, 1.807) is 0 Å². The molecule has 2 unspecified atom stereocenters. The highest BCUT2D eigenvalue weighted by atomic mass is 32.1. The van der Waals surface area contributed by atoms with Crippen LogP contribution in [0.5, 0.6) is 0 Å². The maximum Gasteiger partial charge on any atom is 0.118 e. The summed E-state index contributed by atoms with van der Waals surface area (Å²) in [5.41, 5.74) is 3.70. The number of hydrogen-bond donors (Lipinski definition) is 1. The Balaban J connectivity index is 1.74. The second-order valence-electron chi connectivity index (χ2n) is 7.19. The minimum Gasteiger partial charge on any atom is -0.346 e. The van der Waals surface area contributed by atoms with Gasteiger partial charge in [-0.2, -0.15) is 0 Å². The third kappa shape index (κ3) is 2.11. The molecule has 2 heterocycles. The van der Waals surface area contributed by atoms with Crippen LogP contribution < -0.4 is 0 Å². The van der Waals surface area contributed by atoms with E-state index in [0.717, 1.165) is 11.5 Å². The van der Waals surface area contributed by atoms with Gasteiger partial charge in [0, 0.05) is 17.9 Å². The molecule has 2 aliphatic heterocycles. The molecule has 4 rings (SSSR count). The Morgan fingerprint density at radius 3 is 2.38 bits per heavy atom. The molecular weight excluding hydrogens is 330 g/mol. The fourth-order valence-corrected chi connectivity index (χ4v) is 4.86. The lowest BCUT2D eigenvalue weighted by atomic mass is 9.68. The number of thiocarbonyl (C=S) groups is 1. The molecule has 0 aromatic heterocycles. The quantitative estimate of drug-likeness (QED) is 0.597. The van der Waals surface area contributed by atoms with Crippen molar-refractivity contribution in [3.63, 3.8) is 0 Å². The molecular formula is C21H21NS2. The Morgan fingerprint density at radius 1 is 1.04 bits per heavy atom. The van der Waals surface area contributed by atoms with E-state index in [4.69, 9.17) is 24.8 Å².